The summed E-state index contributed by atoms with van der Waals surface area (Å²) in [6.07, 6.45) is -4.60. The van der Waals surface area contributed by atoms with Crippen molar-refractivity contribution in [2.75, 3.05) is 0 Å². The molecule has 0 amide bonds. The second-order valence-corrected chi connectivity index (χ2v) is 4.58. The molecule has 0 fully saturated rings. The largest absolute Gasteiger partial charge is 0.417 e. The molecule has 0 radical (unpaired) electrons. The van der Waals surface area contributed by atoms with Gasteiger partial charge in [0, 0.05) is 18.0 Å². The van der Waals surface area contributed by atoms with E-state index in [1.54, 1.807) is 0 Å². The summed E-state index contributed by atoms with van der Waals surface area (Å²) in [7, 11) is 0. The van der Waals surface area contributed by atoms with Crippen molar-refractivity contribution >= 4 is 5.78 Å². The second kappa shape index (κ2) is 5.52. The lowest BCUT2D eigenvalue weighted by molar-refractivity contribution is -0.137. The highest BCUT2D eigenvalue weighted by molar-refractivity contribution is 5.98. The zero-order valence-corrected chi connectivity index (χ0v) is 10.3. The fourth-order valence-electron chi connectivity index (χ4n) is 1.53. The summed E-state index contributed by atoms with van der Waals surface area (Å²) in [6.45, 7) is 3.65. The van der Waals surface area contributed by atoms with Crippen molar-refractivity contribution in [3.8, 4) is 0 Å². The van der Waals surface area contributed by atoms with Gasteiger partial charge in [-0.15, -0.1) is 0 Å². The molecule has 0 saturated heterocycles. The van der Waals surface area contributed by atoms with Crippen LogP contribution in [0.25, 0.3) is 0 Å². The number of ketones is 1. The van der Waals surface area contributed by atoms with E-state index in [1.165, 1.54) is 18.2 Å². The van der Waals surface area contributed by atoms with Crippen molar-refractivity contribution in [3.63, 3.8) is 0 Å². The highest BCUT2D eigenvalue weighted by atomic mass is 19.4. The van der Waals surface area contributed by atoms with E-state index in [1.807, 2.05) is 13.8 Å². The number of benzene rings is 1. The van der Waals surface area contributed by atoms with Crippen LogP contribution in [-0.2, 0) is 6.18 Å². The summed E-state index contributed by atoms with van der Waals surface area (Å²) in [4.78, 5) is 11.8. The molecular formula is C13H16F3NO. The predicted molar refractivity (Wildman–Crippen MR) is 63.2 cm³/mol. The van der Waals surface area contributed by atoms with Crippen LogP contribution in [0, 0.1) is 5.92 Å². The van der Waals surface area contributed by atoms with Crippen molar-refractivity contribution in [1.82, 2.24) is 0 Å². The van der Waals surface area contributed by atoms with E-state index in [0.29, 0.717) is 0 Å². The topological polar surface area (TPSA) is 43.1 Å². The monoisotopic (exact) mass is 259 g/mol. The van der Waals surface area contributed by atoms with E-state index < -0.39 is 23.6 Å². The number of halogens is 3. The Morgan fingerprint density at radius 3 is 2.33 bits per heavy atom. The first-order valence-electron chi connectivity index (χ1n) is 5.68. The molecule has 5 heteroatoms. The molecule has 1 aromatic rings. The number of carbonyl (C=O) groups is 1. The van der Waals surface area contributed by atoms with Crippen LogP contribution in [-0.4, -0.2) is 11.8 Å². The third-order valence-corrected chi connectivity index (χ3v) is 2.81. The van der Waals surface area contributed by atoms with Crippen molar-refractivity contribution < 1.29 is 18.0 Å². The van der Waals surface area contributed by atoms with Crippen molar-refractivity contribution in [2.45, 2.75) is 32.5 Å². The number of nitrogens with two attached hydrogens (primary N) is 1. The molecular weight excluding hydrogens is 243 g/mol. The summed E-state index contributed by atoms with van der Waals surface area (Å²) in [5, 5.41) is 0. The Hall–Kier alpha value is -1.36. The van der Waals surface area contributed by atoms with Crippen molar-refractivity contribution in [3.05, 3.63) is 35.4 Å². The van der Waals surface area contributed by atoms with E-state index in [-0.39, 0.29) is 17.9 Å². The molecule has 1 unspecified atom stereocenters. The minimum Gasteiger partial charge on any atom is -0.327 e. The van der Waals surface area contributed by atoms with Gasteiger partial charge in [0.05, 0.1) is 5.56 Å². The van der Waals surface area contributed by atoms with Crippen LogP contribution in [0.1, 0.15) is 36.2 Å². The number of hydrogen-bond acceptors (Lipinski definition) is 2. The van der Waals surface area contributed by atoms with Gasteiger partial charge in [0.15, 0.2) is 5.78 Å². The van der Waals surface area contributed by atoms with Crippen LogP contribution in [0.4, 0.5) is 13.2 Å². The molecule has 1 atom stereocenters. The number of hydrogen-bond donors (Lipinski definition) is 1. The molecule has 0 saturated carbocycles. The van der Waals surface area contributed by atoms with E-state index in [2.05, 4.69) is 0 Å². The van der Waals surface area contributed by atoms with Crippen LogP contribution >= 0.6 is 0 Å². The first-order chi connectivity index (χ1) is 8.23. The lowest BCUT2D eigenvalue weighted by atomic mass is 9.94. The minimum absolute atomic E-state index is 0.0481. The lowest BCUT2D eigenvalue weighted by Crippen LogP contribution is -2.30. The zero-order chi connectivity index (χ0) is 13.9. The molecule has 2 nitrogen and oxygen atoms in total. The first-order valence-corrected chi connectivity index (χ1v) is 5.68. The average molecular weight is 259 g/mol. The second-order valence-electron chi connectivity index (χ2n) is 4.58. The van der Waals surface area contributed by atoms with Crippen LogP contribution in [0.15, 0.2) is 24.3 Å². The van der Waals surface area contributed by atoms with Gasteiger partial charge in [0.1, 0.15) is 0 Å². The molecule has 0 aliphatic rings. The summed E-state index contributed by atoms with van der Waals surface area (Å²) in [6, 6.07) is 4.36. The van der Waals surface area contributed by atoms with Gasteiger partial charge in [-0.2, -0.15) is 13.2 Å². The molecule has 18 heavy (non-hydrogen) atoms. The van der Waals surface area contributed by atoms with Crippen LogP contribution in [0.2, 0.25) is 0 Å². The summed E-state index contributed by atoms with van der Waals surface area (Å²) in [5.41, 5.74) is 4.51. The Kier molecular flexibility index (Phi) is 4.51. The number of rotatable bonds is 4. The molecule has 0 bridgehead atoms. The van der Waals surface area contributed by atoms with Crippen LogP contribution in [0.5, 0.6) is 0 Å². The molecule has 0 aromatic heterocycles. The fourth-order valence-corrected chi connectivity index (χ4v) is 1.53. The van der Waals surface area contributed by atoms with Crippen molar-refractivity contribution in [2.24, 2.45) is 11.7 Å². The number of carbonyl (C=O) groups excluding carboxylic acids is 1. The maximum atomic E-state index is 12.7. The van der Waals surface area contributed by atoms with Gasteiger partial charge in [-0.05, 0) is 12.0 Å². The van der Waals surface area contributed by atoms with Gasteiger partial charge in [0.2, 0.25) is 0 Å². The third-order valence-electron chi connectivity index (χ3n) is 2.81. The molecule has 0 spiro atoms. The highest BCUT2D eigenvalue weighted by Gasteiger charge is 2.34. The van der Waals surface area contributed by atoms with Gasteiger partial charge >= 0.3 is 6.18 Å². The SMILES string of the molecule is CC(C)C(N)CC(=O)c1ccccc1C(F)(F)F. The zero-order valence-electron chi connectivity index (χ0n) is 10.3. The van der Waals surface area contributed by atoms with Crippen molar-refractivity contribution in [1.29, 1.82) is 0 Å². The third kappa shape index (κ3) is 3.57. The maximum Gasteiger partial charge on any atom is 0.417 e. The van der Waals surface area contributed by atoms with E-state index in [0.717, 1.165) is 6.07 Å². The smallest absolute Gasteiger partial charge is 0.327 e. The molecule has 0 aliphatic heterocycles. The summed E-state index contributed by atoms with van der Waals surface area (Å²) >= 11 is 0. The fraction of sp³-hybridized carbons (Fsp3) is 0.462. The van der Waals surface area contributed by atoms with E-state index in [4.69, 9.17) is 5.73 Å². The Balaban J connectivity index is 3.00. The molecule has 0 aliphatic carbocycles. The molecule has 0 heterocycles. The first kappa shape index (κ1) is 14.7. The summed E-state index contributed by atoms with van der Waals surface area (Å²) < 4.78 is 38.2. The Bertz CT molecular complexity index is 426. The number of Topliss-reactive ketones (excluding diaryl/α,β-unsaturated/α-hetero) is 1. The Morgan fingerprint density at radius 2 is 1.83 bits per heavy atom. The molecule has 100 valence electrons. The van der Waals surface area contributed by atoms with Gasteiger partial charge < -0.3 is 5.73 Å². The Labute approximate surface area is 104 Å². The van der Waals surface area contributed by atoms with Crippen LogP contribution < -0.4 is 5.73 Å². The molecule has 1 aromatic carbocycles. The highest BCUT2D eigenvalue weighted by Crippen LogP contribution is 2.32. The molecule has 1 rings (SSSR count). The molecule has 2 N–H and O–H groups in total. The van der Waals surface area contributed by atoms with E-state index in [9.17, 15) is 18.0 Å². The maximum absolute atomic E-state index is 12.7. The van der Waals surface area contributed by atoms with Gasteiger partial charge in [0.25, 0.3) is 0 Å². The van der Waals surface area contributed by atoms with Crippen LogP contribution in [0.3, 0.4) is 0 Å². The van der Waals surface area contributed by atoms with Gasteiger partial charge in [-0.25, -0.2) is 0 Å². The normalized spacial score (nSPS) is 13.7. The predicted octanol–water partition coefficient (Wildman–Crippen LogP) is 3.26. The summed E-state index contributed by atoms with van der Waals surface area (Å²) in [5.74, 6) is -0.517. The van der Waals surface area contributed by atoms with Gasteiger partial charge in [-0.3, -0.25) is 4.79 Å². The standard InChI is InChI=1S/C13H16F3NO/c1-8(2)11(17)7-12(18)9-5-3-4-6-10(9)13(14,15)16/h3-6,8,11H,7,17H2,1-2H3. The average Bonchev–Trinajstić information content (AvgIpc) is 2.27. The Morgan fingerprint density at radius 1 is 1.28 bits per heavy atom. The minimum atomic E-state index is -4.52. The lowest BCUT2D eigenvalue weighted by Gasteiger charge is -2.16. The quantitative estimate of drug-likeness (QED) is 0.843. The van der Waals surface area contributed by atoms with E-state index >= 15 is 0 Å². The number of alkyl halides is 3. The van der Waals surface area contributed by atoms with Gasteiger partial charge in [-0.1, -0.05) is 32.0 Å².